The van der Waals surface area contributed by atoms with Gasteiger partial charge in [0.1, 0.15) is 6.10 Å². The molecule has 0 N–H and O–H groups in total. The van der Waals surface area contributed by atoms with E-state index in [0.29, 0.717) is 6.04 Å². The summed E-state index contributed by atoms with van der Waals surface area (Å²) >= 11 is 0. The minimum atomic E-state index is -0.322. The predicted octanol–water partition coefficient (Wildman–Crippen LogP) is 1.35. The number of carbonyl (C=O) groups excluding carboxylic acids is 1. The zero-order valence-electron chi connectivity index (χ0n) is 11.6. The predicted molar refractivity (Wildman–Crippen MR) is 69.0 cm³/mol. The maximum Gasteiger partial charge on any atom is 0.251 e. The summed E-state index contributed by atoms with van der Waals surface area (Å²) < 4.78 is 5.15. The molecule has 0 radical (unpaired) electrons. The van der Waals surface area contributed by atoms with E-state index in [1.807, 2.05) is 25.9 Å². The van der Waals surface area contributed by atoms with Gasteiger partial charge >= 0.3 is 0 Å². The molecule has 0 saturated heterocycles. The summed E-state index contributed by atoms with van der Waals surface area (Å²) in [5.41, 5.74) is 0. The number of methoxy groups -OCH3 is 1. The summed E-state index contributed by atoms with van der Waals surface area (Å²) in [6.07, 6.45) is 4.47. The van der Waals surface area contributed by atoms with Crippen molar-refractivity contribution >= 4 is 5.91 Å². The van der Waals surface area contributed by atoms with Gasteiger partial charge in [0.05, 0.1) is 0 Å². The van der Waals surface area contributed by atoms with Crippen molar-refractivity contribution < 1.29 is 9.53 Å². The van der Waals surface area contributed by atoms with E-state index in [9.17, 15) is 4.79 Å². The Hall–Kier alpha value is -0.610. The van der Waals surface area contributed by atoms with E-state index in [2.05, 4.69) is 4.90 Å². The van der Waals surface area contributed by atoms with Gasteiger partial charge in [-0.1, -0.05) is 12.8 Å². The number of likely N-dealkylation sites (N-methyl/N-ethyl adjacent to an activating group) is 1. The molecule has 0 spiro atoms. The van der Waals surface area contributed by atoms with Crippen LogP contribution in [0.25, 0.3) is 0 Å². The number of hydrogen-bond acceptors (Lipinski definition) is 3. The fourth-order valence-electron chi connectivity index (χ4n) is 2.33. The summed E-state index contributed by atoms with van der Waals surface area (Å²) in [5.74, 6) is 0.140. The smallest absolute Gasteiger partial charge is 0.251 e. The van der Waals surface area contributed by atoms with Gasteiger partial charge in [-0.25, -0.2) is 0 Å². The third-order valence-electron chi connectivity index (χ3n) is 3.54. The summed E-state index contributed by atoms with van der Waals surface area (Å²) in [6.45, 7) is 3.56. The normalized spacial score (nSPS) is 18.6. The van der Waals surface area contributed by atoms with Crippen LogP contribution in [0.2, 0.25) is 0 Å². The van der Waals surface area contributed by atoms with Crippen molar-refractivity contribution in [3.05, 3.63) is 0 Å². The van der Waals surface area contributed by atoms with Crippen molar-refractivity contribution in [3.8, 4) is 0 Å². The van der Waals surface area contributed by atoms with Gasteiger partial charge in [-0.15, -0.1) is 0 Å². The first-order valence-electron chi connectivity index (χ1n) is 6.54. The van der Waals surface area contributed by atoms with Gasteiger partial charge in [0.25, 0.3) is 5.91 Å². The number of carbonyl (C=O) groups is 1. The van der Waals surface area contributed by atoms with Crippen LogP contribution in [0.5, 0.6) is 0 Å². The number of amides is 1. The molecular formula is C13H26N2O2. The molecule has 4 nitrogen and oxygen atoms in total. The lowest BCUT2D eigenvalue weighted by molar-refractivity contribution is -0.143. The molecule has 0 bridgehead atoms. The Morgan fingerprint density at radius 2 is 1.88 bits per heavy atom. The molecule has 100 valence electrons. The van der Waals surface area contributed by atoms with Crippen LogP contribution < -0.4 is 0 Å². The summed E-state index contributed by atoms with van der Waals surface area (Å²) in [4.78, 5) is 16.4. The van der Waals surface area contributed by atoms with Crippen LogP contribution >= 0.6 is 0 Å². The van der Waals surface area contributed by atoms with Crippen LogP contribution in [-0.2, 0) is 9.53 Å². The Morgan fingerprint density at radius 1 is 1.29 bits per heavy atom. The topological polar surface area (TPSA) is 32.8 Å². The molecule has 1 amide bonds. The standard InChI is InChI=1S/C13H26N2O2/c1-11(17-4)13(16)15(10-9-14(2)3)12-7-5-6-8-12/h11-12H,5-10H2,1-4H3. The Labute approximate surface area is 105 Å². The van der Waals surface area contributed by atoms with Gasteiger partial charge in [0.2, 0.25) is 0 Å². The fourth-order valence-corrected chi connectivity index (χ4v) is 2.33. The SMILES string of the molecule is COC(C)C(=O)N(CCN(C)C)C1CCCC1. The summed E-state index contributed by atoms with van der Waals surface area (Å²) in [6, 6.07) is 0.431. The fraction of sp³-hybridized carbons (Fsp3) is 0.923. The minimum Gasteiger partial charge on any atom is -0.372 e. The van der Waals surface area contributed by atoms with Crippen LogP contribution in [-0.4, -0.2) is 62.1 Å². The molecule has 4 heteroatoms. The molecule has 0 aliphatic heterocycles. The Morgan fingerprint density at radius 3 is 2.35 bits per heavy atom. The first-order chi connectivity index (χ1) is 8.06. The maximum atomic E-state index is 12.3. The van der Waals surface area contributed by atoms with E-state index in [0.717, 1.165) is 25.9 Å². The lowest BCUT2D eigenvalue weighted by Crippen LogP contribution is -2.47. The van der Waals surface area contributed by atoms with Crippen molar-refractivity contribution in [2.45, 2.75) is 44.8 Å². The van der Waals surface area contributed by atoms with Crippen LogP contribution in [0.3, 0.4) is 0 Å². The summed E-state index contributed by atoms with van der Waals surface area (Å²) in [7, 11) is 5.68. The van der Waals surface area contributed by atoms with E-state index >= 15 is 0 Å². The lowest BCUT2D eigenvalue weighted by atomic mass is 10.2. The molecule has 0 aromatic rings. The number of ether oxygens (including phenoxy) is 1. The molecular weight excluding hydrogens is 216 g/mol. The second-order valence-corrected chi connectivity index (χ2v) is 5.15. The Balaban J connectivity index is 2.60. The molecule has 0 heterocycles. The van der Waals surface area contributed by atoms with Crippen molar-refractivity contribution in [2.24, 2.45) is 0 Å². The van der Waals surface area contributed by atoms with E-state index in [1.54, 1.807) is 7.11 Å². The maximum absolute atomic E-state index is 12.3. The minimum absolute atomic E-state index is 0.140. The third kappa shape index (κ3) is 4.28. The molecule has 1 aliphatic carbocycles. The van der Waals surface area contributed by atoms with Gasteiger partial charge in [0.15, 0.2) is 0 Å². The molecule has 0 aromatic heterocycles. The average Bonchev–Trinajstić information content (AvgIpc) is 2.81. The van der Waals surface area contributed by atoms with Crippen molar-refractivity contribution in [1.29, 1.82) is 0 Å². The summed E-state index contributed by atoms with van der Waals surface area (Å²) in [5, 5.41) is 0. The highest BCUT2D eigenvalue weighted by atomic mass is 16.5. The molecule has 17 heavy (non-hydrogen) atoms. The molecule has 1 fully saturated rings. The second kappa shape index (κ2) is 6.97. The van der Waals surface area contributed by atoms with Crippen LogP contribution in [0, 0.1) is 0 Å². The van der Waals surface area contributed by atoms with E-state index < -0.39 is 0 Å². The highest BCUT2D eigenvalue weighted by molar-refractivity contribution is 5.80. The monoisotopic (exact) mass is 242 g/mol. The molecule has 1 saturated carbocycles. The van der Waals surface area contributed by atoms with Gasteiger partial charge in [-0.2, -0.15) is 0 Å². The van der Waals surface area contributed by atoms with Gasteiger partial charge < -0.3 is 14.5 Å². The average molecular weight is 242 g/mol. The van der Waals surface area contributed by atoms with Gasteiger partial charge in [0, 0.05) is 26.2 Å². The van der Waals surface area contributed by atoms with Gasteiger partial charge in [-0.05, 0) is 33.9 Å². The van der Waals surface area contributed by atoms with E-state index in [4.69, 9.17) is 4.74 Å². The molecule has 1 aliphatic rings. The van der Waals surface area contributed by atoms with Gasteiger partial charge in [-0.3, -0.25) is 4.79 Å². The molecule has 1 atom stereocenters. The zero-order chi connectivity index (χ0) is 12.8. The Kier molecular flexibility index (Phi) is 5.92. The van der Waals surface area contributed by atoms with Crippen LogP contribution in [0.1, 0.15) is 32.6 Å². The third-order valence-corrected chi connectivity index (χ3v) is 3.54. The molecule has 1 rings (SSSR count). The number of rotatable bonds is 6. The largest absolute Gasteiger partial charge is 0.372 e. The zero-order valence-corrected chi connectivity index (χ0v) is 11.6. The van der Waals surface area contributed by atoms with E-state index in [-0.39, 0.29) is 12.0 Å². The van der Waals surface area contributed by atoms with Crippen molar-refractivity contribution in [2.75, 3.05) is 34.3 Å². The van der Waals surface area contributed by atoms with Crippen molar-refractivity contribution in [1.82, 2.24) is 9.80 Å². The quantitative estimate of drug-likeness (QED) is 0.705. The van der Waals surface area contributed by atoms with Crippen molar-refractivity contribution in [3.63, 3.8) is 0 Å². The highest BCUT2D eigenvalue weighted by Gasteiger charge is 2.29. The number of nitrogens with zero attached hydrogens (tertiary/aromatic N) is 2. The first kappa shape index (κ1) is 14.5. The number of hydrogen-bond donors (Lipinski definition) is 0. The van der Waals surface area contributed by atoms with E-state index in [1.165, 1.54) is 12.8 Å². The van der Waals surface area contributed by atoms with Crippen LogP contribution in [0.15, 0.2) is 0 Å². The molecule has 0 aromatic carbocycles. The molecule has 1 unspecified atom stereocenters. The second-order valence-electron chi connectivity index (χ2n) is 5.15. The highest BCUT2D eigenvalue weighted by Crippen LogP contribution is 2.24. The Bertz CT molecular complexity index is 238. The van der Waals surface area contributed by atoms with Crippen LogP contribution in [0.4, 0.5) is 0 Å². The first-order valence-corrected chi connectivity index (χ1v) is 6.54. The lowest BCUT2D eigenvalue weighted by Gasteiger charge is -2.32.